The van der Waals surface area contributed by atoms with Crippen LogP contribution < -0.4 is 9.60 Å². The molecule has 0 saturated heterocycles. The van der Waals surface area contributed by atoms with Gasteiger partial charge < -0.3 is 0 Å². The van der Waals surface area contributed by atoms with Gasteiger partial charge in [-0.3, -0.25) is 9.36 Å². The summed E-state index contributed by atoms with van der Waals surface area (Å²) in [6.45, 7) is 6.00. The molecule has 2 rings (SSSR count). The van der Waals surface area contributed by atoms with Crippen LogP contribution in [0.5, 0.6) is 0 Å². The van der Waals surface area contributed by atoms with E-state index in [4.69, 9.17) is 0 Å². The first-order valence-electron chi connectivity index (χ1n) is 6.01. The molecule has 0 spiro atoms. The maximum Gasteiger partial charge on any atom is 0.308 e. The van der Waals surface area contributed by atoms with E-state index < -0.39 is 10.0 Å². The van der Waals surface area contributed by atoms with Crippen molar-refractivity contribution in [2.45, 2.75) is 38.3 Å². The first-order valence-corrected chi connectivity index (χ1v) is 8.31. The Morgan fingerprint density at radius 1 is 1.37 bits per heavy atom. The van der Waals surface area contributed by atoms with Crippen LogP contribution in [0.3, 0.4) is 0 Å². The van der Waals surface area contributed by atoms with Crippen molar-refractivity contribution in [3.63, 3.8) is 0 Å². The van der Waals surface area contributed by atoms with Crippen molar-refractivity contribution in [1.82, 2.24) is 9.29 Å². The number of nitrogens with one attached hydrogen (secondary N) is 1. The summed E-state index contributed by atoms with van der Waals surface area (Å²) >= 11 is 1.07. The number of aryl methyl sites for hydroxylation is 1. The fourth-order valence-electron chi connectivity index (χ4n) is 1.89. The monoisotopic (exact) mass is 300 g/mol. The molecule has 0 aliphatic rings. The molecule has 1 N–H and O–H groups in total. The Balaban J connectivity index is 2.57. The van der Waals surface area contributed by atoms with Gasteiger partial charge in [0.05, 0.1) is 15.1 Å². The van der Waals surface area contributed by atoms with Gasteiger partial charge in [-0.2, -0.15) is 0 Å². The number of hydrogen-bond acceptors (Lipinski definition) is 4. The van der Waals surface area contributed by atoms with Crippen LogP contribution in [0.1, 0.15) is 20.8 Å². The standard InChI is InChI=1S/C12H16N2O3S2/c1-4-14-10-6-5-9(7-11(10)18-12(14)15)19(16,17)13-8(2)3/h5-8,13H,4H2,1-3H3. The summed E-state index contributed by atoms with van der Waals surface area (Å²) < 4.78 is 29.0. The molecular formula is C12H16N2O3S2. The number of hydrogen-bond donors (Lipinski definition) is 1. The lowest BCUT2D eigenvalue weighted by Crippen LogP contribution is -2.30. The topological polar surface area (TPSA) is 68.2 Å². The molecule has 1 aromatic heterocycles. The predicted octanol–water partition coefficient (Wildman–Crippen LogP) is 1.77. The third-order valence-electron chi connectivity index (χ3n) is 2.66. The zero-order chi connectivity index (χ0) is 14.2. The van der Waals surface area contributed by atoms with Gasteiger partial charge in [-0.05, 0) is 39.0 Å². The molecule has 0 aliphatic carbocycles. The van der Waals surface area contributed by atoms with E-state index in [-0.39, 0.29) is 15.8 Å². The van der Waals surface area contributed by atoms with Gasteiger partial charge in [0, 0.05) is 12.6 Å². The Bertz CT molecular complexity index is 757. The van der Waals surface area contributed by atoms with Gasteiger partial charge in [-0.25, -0.2) is 13.1 Å². The lowest BCUT2D eigenvalue weighted by atomic mass is 10.3. The van der Waals surface area contributed by atoms with Gasteiger partial charge in [0.25, 0.3) is 0 Å². The molecule has 0 bridgehead atoms. The molecule has 0 saturated carbocycles. The summed E-state index contributed by atoms with van der Waals surface area (Å²) in [5, 5.41) is 0. The molecule has 0 radical (unpaired) electrons. The normalized spacial score (nSPS) is 12.4. The lowest BCUT2D eigenvalue weighted by Gasteiger charge is -2.09. The van der Waals surface area contributed by atoms with Gasteiger partial charge in [0.15, 0.2) is 0 Å². The Morgan fingerprint density at radius 3 is 2.63 bits per heavy atom. The molecule has 1 aromatic carbocycles. The van der Waals surface area contributed by atoms with Gasteiger partial charge in [0.1, 0.15) is 0 Å². The number of rotatable bonds is 4. The van der Waals surface area contributed by atoms with E-state index in [1.165, 1.54) is 6.07 Å². The van der Waals surface area contributed by atoms with Crippen LogP contribution in [0.2, 0.25) is 0 Å². The van der Waals surface area contributed by atoms with E-state index in [1.807, 2.05) is 6.92 Å². The molecule has 5 nitrogen and oxygen atoms in total. The molecular weight excluding hydrogens is 284 g/mol. The van der Waals surface area contributed by atoms with Crippen molar-refractivity contribution in [2.75, 3.05) is 0 Å². The van der Waals surface area contributed by atoms with Crippen LogP contribution in [0.4, 0.5) is 0 Å². The summed E-state index contributed by atoms with van der Waals surface area (Å²) in [6.07, 6.45) is 0. The molecule has 104 valence electrons. The van der Waals surface area contributed by atoms with E-state index in [9.17, 15) is 13.2 Å². The van der Waals surface area contributed by atoms with Crippen molar-refractivity contribution in [1.29, 1.82) is 0 Å². The van der Waals surface area contributed by atoms with Gasteiger partial charge in [-0.15, -0.1) is 0 Å². The van der Waals surface area contributed by atoms with Crippen molar-refractivity contribution in [2.24, 2.45) is 0 Å². The highest BCUT2D eigenvalue weighted by Gasteiger charge is 2.17. The predicted molar refractivity (Wildman–Crippen MR) is 77.2 cm³/mol. The van der Waals surface area contributed by atoms with E-state index in [1.54, 1.807) is 30.5 Å². The lowest BCUT2D eigenvalue weighted by molar-refractivity contribution is 0.570. The number of nitrogens with zero attached hydrogens (tertiary/aromatic N) is 1. The zero-order valence-corrected chi connectivity index (χ0v) is 12.6. The maximum atomic E-state index is 12.1. The third-order valence-corrected chi connectivity index (χ3v) is 5.26. The van der Waals surface area contributed by atoms with Crippen LogP contribution in [-0.4, -0.2) is 19.0 Å². The quantitative estimate of drug-likeness (QED) is 0.935. The average Bonchev–Trinajstić information content (AvgIpc) is 2.61. The summed E-state index contributed by atoms with van der Waals surface area (Å²) in [6, 6.07) is 4.61. The van der Waals surface area contributed by atoms with Crippen LogP contribution in [0.15, 0.2) is 27.9 Å². The van der Waals surface area contributed by atoms with Gasteiger partial charge in [0.2, 0.25) is 10.0 Å². The number of fused-ring (bicyclic) bond motifs is 1. The van der Waals surface area contributed by atoms with Gasteiger partial charge in [-0.1, -0.05) is 11.3 Å². The Hall–Kier alpha value is -1.18. The minimum atomic E-state index is -3.52. The van der Waals surface area contributed by atoms with Crippen molar-refractivity contribution < 1.29 is 8.42 Å². The number of aromatic nitrogens is 1. The van der Waals surface area contributed by atoms with Crippen molar-refractivity contribution in [3.8, 4) is 0 Å². The first kappa shape index (κ1) is 14.2. The van der Waals surface area contributed by atoms with E-state index >= 15 is 0 Å². The SMILES string of the molecule is CCn1c(=O)sc2cc(S(=O)(=O)NC(C)C)ccc21. The number of thiazole rings is 1. The Morgan fingerprint density at radius 2 is 2.05 bits per heavy atom. The molecule has 2 aromatic rings. The fourth-order valence-corrected chi connectivity index (χ4v) is 4.24. The van der Waals surface area contributed by atoms with Crippen LogP contribution in [0.25, 0.3) is 10.2 Å². The van der Waals surface area contributed by atoms with Crippen molar-refractivity contribution in [3.05, 3.63) is 27.9 Å². The van der Waals surface area contributed by atoms with Crippen LogP contribution in [-0.2, 0) is 16.6 Å². The summed E-state index contributed by atoms with van der Waals surface area (Å²) in [4.78, 5) is 11.9. The van der Waals surface area contributed by atoms with E-state index in [2.05, 4.69) is 4.72 Å². The third kappa shape index (κ3) is 2.72. The molecule has 1 heterocycles. The Kier molecular flexibility index (Phi) is 3.80. The minimum Gasteiger partial charge on any atom is -0.299 e. The number of sulfonamides is 1. The molecule has 0 unspecified atom stereocenters. The van der Waals surface area contributed by atoms with Crippen LogP contribution in [0, 0.1) is 0 Å². The largest absolute Gasteiger partial charge is 0.308 e. The van der Waals surface area contributed by atoms with E-state index in [0.29, 0.717) is 11.2 Å². The molecule has 7 heteroatoms. The molecule has 0 atom stereocenters. The second-order valence-electron chi connectivity index (χ2n) is 4.52. The van der Waals surface area contributed by atoms with Crippen molar-refractivity contribution >= 4 is 31.6 Å². The average molecular weight is 300 g/mol. The fraction of sp³-hybridized carbons (Fsp3) is 0.417. The first-order chi connectivity index (χ1) is 8.85. The number of benzene rings is 1. The second-order valence-corrected chi connectivity index (χ2v) is 7.22. The summed E-state index contributed by atoms with van der Waals surface area (Å²) in [7, 11) is -3.52. The minimum absolute atomic E-state index is 0.0659. The summed E-state index contributed by atoms with van der Waals surface area (Å²) in [5.74, 6) is 0. The highest BCUT2D eigenvalue weighted by molar-refractivity contribution is 7.89. The van der Waals surface area contributed by atoms with Crippen LogP contribution >= 0.6 is 11.3 Å². The Labute approximate surface area is 115 Å². The molecule has 0 aliphatic heterocycles. The molecule has 0 fully saturated rings. The molecule has 19 heavy (non-hydrogen) atoms. The zero-order valence-electron chi connectivity index (χ0n) is 11.0. The second kappa shape index (κ2) is 5.07. The highest BCUT2D eigenvalue weighted by Crippen LogP contribution is 2.21. The van der Waals surface area contributed by atoms with Gasteiger partial charge >= 0.3 is 4.87 Å². The maximum absolute atomic E-state index is 12.1. The van der Waals surface area contributed by atoms with E-state index in [0.717, 1.165) is 16.9 Å². The summed E-state index contributed by atoms with van der Waals surface area (Å²) in [5.41, 5.74) is 0.779. The smallest absolute Gasteiger partial charge is 0.299 e. The highest BCUT2D eigenvalue weighted by atomic mass is 32.2. The molecule has 0 amide bonds.